The van der Waals surface area contributed by atoms with Crippen LogP contribution in [0.25, 0.3) is 0 Å². The van der Waals surface area contributed by atoms with Crippen molar-refractivity contribution < 1.29 is 9.13 Å². The Morgan fingerprint density at radius 3 is 2.55 bits per heavy atom. The van der Waals surface area contributed by atoms with Crippen LogP contribution in [0.3, 0.4) is 0 Å². The maximum atomic E-state index is 13.0. The van der Waals surface area contributed by atoms with Gasteiger partial charge in [-0.15, -0.1) is 0 Å². The highest BCUT2D eigenvalue weighted by atomic mass is 19.1. The van der Waals surface area contributed by atoms with E-state index in [0.717, 1.165) is 18.6 Å². The number of aromatic nitrogens is 1. The number of rotatable bonds is 4. The van der Waals surface area contributed by atoms with E-state index >= 15 is 0 Å². The van der Waals surface area contributed by atoms with Gasteiger partial charge < -0.3 is 10.1 Å². The molecule has 1 heterocycles. The molecular formula is C16H17FN2O. The Morgan fingerprint density at radius 1 is 1.15 bits per heavy atom. The first-order valence-corrected chi connectivity index (χ1v) is 6.77. The van der Waals surface area contributed by atoms with Crippen LogP contribution in [-0.4, -0.2) is 18.1 Å². The summed E-state index contributed by atoms with van der Waals surface area (Å²) in [4.78, 5) is 3.82. The lowest BCUT2D eigenvalue weighted by molar-refractivity contribution is 0.372. The first-order chi connectivity index (χ1) is 9.74. The highest BCUT2D eigenvalue weighted by Crippen LogP contribution is 2.38. The van der Waals surface area contributed by atoms with Crippen molar-refractivity contribution in [3.05, 3.63) is 54.0 Å². The average molecular weight is 272 g/mol. The van der Waals surface area contributed by atoms with Crippen LogP contribution in [0.2, 0.25) is 0 Å². The Balaban J connectivity index is 1.55. The molecule has 0 unspecified atom stereocenters. The third-order valence-electron chi connectivity index (χ3n) is 3.79. The Labute approximate surface area is 117 Å². The first kappa shape index (κ1) is 12.9. The molecule has 0 saturated heterocycles. The third-order valence-corrected chi connectivity index (χ3v) is 3.79. The van der Waals surface area contributed by atoms with E-state index in [4.69, 9.17) is 4.74 Å². The lowest BCUT2D eigenvalue weighted by Crippen LogP contribution is -2.34. The molecule has 4 heteroatoms. The normalized spacial score (nSPS) is 21.1. The minimum atomic E-state index is -0.443. The smallest absolute Gasteiger partial charge is 0.214 e. The zero-order chi connectivity index (χ0) is 13.9. The molecule has 0 atom stereocenters. The fourth-order valence-corrected chi connectivity index (χ4v) is 2.58. The molecule has 0 amide bonds. The molecule has 1 saturated carbocycles. The number of benzene rings is 1. The van der Waals surface area contributed by atoms with Crippen LogP contribution in [-0.2, 0) is 0 Å². The van der Waals surface area contributed by atoms with Gasteiger partial charge in [0.15, 0.2) is 0 Å². The number of hydrogen-bond acceptors (Lipinski definition) is 3. The van der Waals surface area contributed by atoms with E-state index in [1.165, 1.54) is 11.6 Å². The van der Waals surface area contributed by atoms with Gasteiger partial charge in [-0.05, 0) is 48.6 Å². The molecule has 1 aliphatic rings. The molecule has 20 heavy (non-hydrogen) atoms. The average Bonchev–Trinajstić information content (AvgIpc) is 2.43. The van der Waals surface area contributed by atoms with Crippen LogP contribution in [0.15, 0.2) is 42.5 Å². The minimum absolute atomic E-state index is 0.372. The van der Waals surface area contributed by atoms with E-state index in [0.29, 0.717) is 17.8 Å². The van der Waals surface area contributed by atoms with Gasteiger partial charge in [-0.25, -0.2) is 4.98 Å². The third kappa shape index (κ3) is 2.74. The van der Waals surface area contributed by atoms with E-state index < -0.39 is 5.95 Å². The summed E-state index contributed by atoms with van der Waals surface area (Å²) in [6.45, 7) is 0. The highest BCUT2D eigenvalue weighted by molar-refractivity contribution is 5.38. The van der Waals surface area contributed by atoms with Crippen molar-refractivity contribution in [2.75, 3.05) is 12.4 Å². The van der Waals surface area contributed by atoms with Crippen molar-refractivity contribution in [3.8, 4) is 5.75 Å². The van der Waals surface area contributed by atoms with Crippen LogP contribution >= 0.6 is 0 Å². The second kappa shape index (κ2) is 5.49. The van der Waals surface area contributed by atoms with Gasteiger partial charge in [0.25, 0.3) is 0 Å². The largest absolute Gasteiger partial charge is 0.497 e. The second-order valence-corrected chi connectivity index (χ2v) is 5.13. The minimum Gasteiger partial charge on any atom is -0.497 e. The monoisotopic (exact) mass is 272 g/mol. The Morgan fingerprint density at radius 2 is 1.90 bits per heavy atom. The fraction of sp³-hybridized carbons (Fsp3) is 0.312. The zero-order valence-electron chi connectivity index (χ0n) is 11.3. The highest BCUT2D eigenvalue weighted by Gasteiger charge is 2.30. The number of halogens is 1. The molecule has 3 rings (SSSR count). The summed E-state index contributed by atoms with van der Waals surface area (Å²) < 4.78 is 18.1. The quantitative estimate of drug-likeness (QED) is 0.864. The maximum absolute atomic E-state index is 13.0. The molecule has 0 spiro atoms. The van der Waals surface area contributed by atoms with E-state index in [9.17, 15) is 4.39 Å². The van der Waals surface area contributed by atoms with Crippen molar-refractivity contribution in [1.82, 2.24) is 4.98 Å². The van der Waals surface area contributed by atoms with Gasteiger partial charge >= 0.3 is 0 Å². The molecule has 0 aliphatic heterocycles. The maximum Gasteiger partial charge on any atom is 0.214 e. The zero-order valence-corrected chi connectivity index (χ0v) is 11.3. The summed E-state index contributed by atoms with van der Waals surface area (Å²) in [5.41, 5.74) is 1.33. The van der Waals surface area contributed by atoms with Crippen molar-refractivity contribution in [2.24, 2.45) is 0 Å². The van der Waals surface area contributed by atoms with Gasteiger partial charge in [0.1, 0.15) is 11.6 Å². The number of nitrogens with one attached hydrogen (secondary N) is 1. The van der Waals surface area contributed by atoms with E-state index in [1.807, 2.05) is 12.1 Å². The van der Waals surface area contributed by atoms with Gasteiger partial charge in [0.05, 0.1) is 7.11 Å². The van der Waals surface area contributed by atoms with Gasteiger partial charge in [0, 0.05) is 6.04 Å². The molecule has 1 aliphatic carbocycles. The van der Waals surface area contributed by atoms with Crippen molar-refractivity contribution >= 4 is 5.82 Å². The van der Waals surface area contributed by atoms with E-state index in [1.54, 1.807) is 19.2 Å². The van der Waals surface area contributed by atoms with Crippen LogP contribution in [0.1, 0.15) is 24.3 Å². The van der Waals surface area contributed by atoms with Gasteiger partial charge in [-0.1, -0.05) is 18.2 Å². The fourth-order valence-electron chi connectivity index (χ4n) is 2.58. The number of anilines is 1. The van der Waals surface area contributed by atoms with Gasteiger partial charge in [0.2, 0.25) is 5.95 Å². The van der Waals surface area contributed by atoms with Crippen LogP contribution in [0, 0.1) is 5.95 Å². The molecule has 0 radical (unpaired) electrons. The number of ether oxygens (including phenoxy) is 1. The Hall–Kier alpha value is -2.10. The number of methoxy groups -OCH3 is 1. The number of pyridine rings is 1. The lowest BCUT2D eigenvalue weighted by atomic mass is 9.76. The summed E-state index contributed by atoms with van der Waals surface area (Å²) in [6.07, 6.45) is 2.09. The SMILES string of the molecule is COc1ccc(C2CC(Nc3cccc(F)n3)C2)cc1. The van der Waals surface area contributed by atoms with E-state index in [2.05, 4.69) is 22.4 Å². The van der Waals surface area contributed by atoms with E-state index in [-0.39, 0.29) is 0 Å². The number of nitrogens with zero attached hydrogens (tertiary/aromatic N) is 1. The first-order valence-electron chi connectivity index (χ1n) is 6.77. The standard InChI is InChI=1S/C16H17FN2O/c1-20-14-7-5-11(6-8-14)12-9-13(10-12)18-16-4-2-3-15(17)19-16/h2-8,12-13H,9-10H2,1H3,(H,18,19). The molecule has 0 bridgehead atoms. The number of hydrogen-bond donors (Lipinski definition) is 1. The predicted octanol–water partition coefficient (Wildman–Crippen LogP) is 3.59. The van der Waals surface area contributed by atoms with Gasteiger partial charge in [-0.2, -0.15) is 4.39 Å². The lowest BCUT2D eigenvalue weighted by Gasteiger charge is -2.36. The summed E-state index contributed by atoms with van der Waals surface area (Å²) in [6, 6.07) is 13.4. The van der Waals surface area contributed by atoms with Crippen molar-refractivity contribution in [2.45, 2.75) is 24.8 Å². The molecule has 1 N–H and O–H groups in total. The Kier molecular flexibility index (Phi) is 3.54. The topological polar surface area (TPSA) is 34.1 Å². The summed E-state index contributed by atoms with van der Waals surface area (Å²) >= 11 is 0. The molecular weight excluding hydrogens is 255 g/mol. The summed E-state index contributed by atoms with van der Waals surface area (Å²) in [5.74, 6) is 1.61. The summed E-state index contributed by atoms with van der Waals surface area (Å²) in [5, 5.41) is 3.27. The van der Waals surface area contributed by atoms with Crippen molar-refractivity contribution in [3.63, 3.8) is 0 Å². The van der Waals surface area contributed by atoms with Crippen molar-refractivity contribution in [1.29, 1.82) is 0 Å². The molecule has 104 valence electrons. The van der Waals surface area contributed by atoms with Crippen LogP contribution in [0.5, 0.6) is 5.75 Å². The molecule has 3 nitrogen and oxygen atoms in total. The molecule has 1 aromatic carbocycles. The van der Waals surface area contributed by atoms with Crippen LogP contribution < -0.4 is 10.1 Å². The molecule has 2 aromatic rings. The predicted molar refractivity (Wildman–Crippen MR) is 76.6 cm³/mol. The summed E-state index contributed by atoms with van der Waals surface area (Å²) in [7, 11) is 1.67. The molecule has 1 fully saturated rings. The second-order valence-electron chi connectivity index (χ2n) is 5.13. The molecule has 1 aromatic heterocycles. The van der Waals surface area contributed by atoms with Gasteiger partial charge in [-0.3, -0.25) is 0 Å². The Bertz CT molecular complexity index is 579. The van der Waals surface area contributed by atoms with Crippen LogP contribution in [0.4, 0.5) is 10.2 Å².